The van der Waals surface area contributed by atoms with Crippen molar-refractivity contribution in [3.8, 4) is 11.6 Å². The number of hydrogen-bond acceptors (Lipinski definition) is 6. The molecule has 7 nitrogen and oxygen atoms in total. The van der Waals surface area contributed by atoms with Gasteiger partial charge in [-0.25, -0.2) is 4.98 Å². The molecule has 0 fully saturated rings. The second-order valence-corrected chi connectivity index (χ2v) is 6.02. The Kier molecular flexibility index (Phi) is 5.89. The fourth-order valence-corrected chi connectivity index (χ4v) is 2.74. The van der Waals surface area contributed by atoms with Crippen LogP contribution >= 0.6 is 11.3 Å². The maximum Gasteiger partial charge on any atom is 0.252 e. The number of hydrogen-bond donors (Lipinski definition) is 2. The minimum atomic E-state index is -0.202. The first-order valence-electron chi connectivity index (χ1n) is 7.85. The van der Waals surface area contributed by atoms with Gasteiger partial charge in [0.1, 0.15) is 5.75 Å². The molecular weight excluding hydrogens is 352 g/mol. The van der Waals surface area contributed by atoms with E-state index < -0.39 is 0 Å². The molecule has 0 aliphatic rings. The molecule has 2 N–H and O–H groups in total. The van der Waals surface area contributed by atoms with E-state index in [-0.39, 0.29) is 24.8 Å². The predicted octanol–water partition coefficient (Wildman–Crippen LogP) is 3.09. The zero-order valence-corrected chi connectivity index (χ0v) is 14.5. The number of carbonyl (C=O) groups is 2. The van der Waals surface area contributed by atoms with Crippen LogP contribution in [-0.4, -0.2) is 28.3 Å². The van der Waals surface area contributed by atoms with Crippen LogP contribution in [0.15, 0.2) is 59.7 Å². The average Bonchev–Trinajstić information content (AvgIpc) is 3.17. The van der Waals surface area contributed by atoms with Gasteiger partial charge in [-0.15, -0.1) is 0 Å². The summed E-state index contributed by atoms with van der Waals surface area (Å²) in [6.45, 7) is 0.260. The Morgan fingerprint density at radius 1 is 1.19 bits per heavy atom. The Bertz CT molecular complexity index is 869. The van der Waals surface area contributed by atoms with Gasteiger partial charge in [-0.3, -0.25) is 14.6 Å². The van der Waals surface area contributed by atoms with E-state index in [9.17, 15) is 9.59 Å². The van der Waals surface area contributed by atoms with Crippen LogP contribution in [0.5, 0.6) is 11.6 Å². The molecule has 0 aliphatic heterocycles. The maximum absolute atomic E-state index is 12.0. The van der Waals surface area contributed by atoms with E-state index in [1.165, 1.54) is 23.7 Å². The second-order valence-electron chi connectivity index (χ2n) is 5.24. The van der Waals surface area contributed by atoms with E-state index in [4.69, 9.17) is 4.74 Å². The normalized spacial score (nSPS) is 10.2. The van der Waals surface area contributed by atoms with Crippen molar-refractivity contribution < 1.29 is 14.3 Å². The summed E-state index contributed by atoms with van der Waals surface area (Å²) in [5, 5.41) is 9.08. The third-order valence-corrected chi connectivity index (χ3v) is 3.98. The number of rotatable bonds is 7. The van der Waals surface area contributed by atoms with Crippen LogP contribution < -0.4 is 15.4 Å². The van der Waals surface area contributed by atoms with Crippen LogP contribution in [0.1, 0.15) is 16.8 Å². The topological polar surface area (TPSA) is 93.2 Å². The Morgan fingerprint density at radius 2 is 2.12 bits per heavy atom. The van der Waals surface area contributed by atoms with Crippen molar-refractivity contribution in [2.24, 2.45) is 0 Å². The quantitative estimate of drug-likeness (QED) is 0.668. The lowest BCUT2D eigenvalue weighted by Gasteiger charge is -2.08. The first kappa shape index (κ1) is 17.6. The molecule has 2 heterocycles. The number of amides is 2. The van der Waals surface area contributed by atoms with Crippen LogP contribution in [0, 0.1) is 0 Å². The molecule has 0 saturated heterocycles. The summed E-state index contributed by atoms with van der Waals surface area (Å²) in [6, 6.07) is 8.70. The number of aromatic nitrogens is 2. The van der Waals surface area contributed by atoms with Crippen molar-refractivity contribution in [3.63, 3.8) is 0 Å². The van der Waals surface area contributed by atoms with E-state index >= 15 is 0 Å². The highest BCUT2D eigenvalue weighted by atomic mass is 32.1. The van der Waals surface area contributed by atoms with E-state index in [0.717, 1.165) is 0 Å². The molecule has 26 heavy (non-hydrogen) atoms. The van der Waals surface area contributed by atoms with Crippen molar-refractivity contribution in [1.29, 1.82) is 0 Å². The lowest BCUT2D eigenvalue weighted by atomic mass is 10.2. The Balaban J connectivity index is 1.48. The number of carbonyl (C=O) groups excluding carboxylic acids is 2. The first-order chi connectivity index (χ1) is 12.7. The van der Waals surface area contributed by atoms with Gasteiger partial charge in [0.2, 0.25) is 11.8 Å². The summed E-state index contributed by atoms with van der Waals surface area (Å²) >= 11 is 1.45. The van der Waals surface area contributed by atoms with Gasteiger partial charge in [-0.05, 0) is 23.6 Å². The van der Waals surface area contributed by atoms with Crippen LogP contribution in [0.3, 0.4) is 0 Å². The van der Waals surface area contributed by atoms with Crippen molar-refractivity contribution in [3.05, 3.63) is 65.2 Å². The lowest BCUT2D eigenvalue weighted by Crippen LogP contribution is -2.27. The second kappa shape index (κ2) is 8.72. The molecule has 0 saturated carbocycles. The predicted molar refractivity (Wildman–Crippen MR) is 98.4 cm³/mol. The Labute approximate surface area is 154 Å². The smallest absolute Gasteiger partial charge is 0.252 e. The van der Waals surface area contributed by atoms with Crippen molar-refractivity contribution in [2.75, 3.05) is 11.9 Å². The SMILES string of the molecule is O=C(CCNC(=O)c1ccsc1)Nc1cccc(Oc2cnccn2)c1. The van der Waals surface area contributed by atoms with E-state index in [1.807, 2.05) is 5.38 Å². The number of benzene rings is 1. The Morgan fingerprint density at radius 3 is 2.88 bits per heavy atom. The van der Waals surface area contributed by atoms with Gasteiger partial charge in [-0.1, -0.05) is 6.07 Å². The van der Waals surface area contributed by atoms with Crippen LogP contribution in [0.25, 0.3) is 0 Å². The summed E-state index contributed by atoms with van der Waals surface area (Å²) in [4.78, 5) is 31.8. The molecule has 0 aliphatic carbocycles. The third-order valence-electron chi connectivity index (χ3n) is 3.30. The lowest BCUT2D eigenvalue weighted by molar-refractivity contribution is -0.116. The van der Waals surface area contributed by atoms with Crippen LogP contribution in [0.4, 0.5) is 5.69 Å². The largest absolute Gasteiger partial charge is 0.437 e. The highest BCUT2D eigenvalue weighted by Crippen LogP contribution is 2.22. The van der Waals surface area contributed by atoms with Crippen molar-refractivity contribution in [1.82, 2.24) is 15.3 Å². The van der Waals surface area contributed by atoms with Gasteiger partial charge in [0.15, 0.2) is 0 Å². The minimum Gasteiger partial charge on any atom is -0.437 e. The molecule has 0 bridgehead atoms. The van der Waals surface area contributed by atoms with Gasteiger partial charge >= 0.3 is 0 Å². The first-order valence-corrected chi connectivity index (χ1v) is 8.79. The highest BCUT2D eigenvalue weighted by molar-refractivity contribution is 7.08. The standard InChI is InChI=1S/C18H16N4O3S/c23-16(4-6-21-18(24)13-5-9-26-12-13)22-14-2-1-3-15(10-14)25-17-11-19-7-8-20-17/h1-3,5,7-12H,4,6H2,(H,21,24)(H,22,23). The van der Waals surface area contributed by atoms with Crippen molar-refractivity contribution in [2.45, 2.75) is 6.42 Å². The molecule has 0 atom stereocenters. The van der Waals surface area contributed by atoms with Gasteiger partial charge < -0.3 is 15.4 Å². The van der Waals surface area contributed by atoms with Crippen LogP contribution in [0.2, 0.25) is 0 Å². The van der Waals surface area contributed by atoms with Crippen molar-refractivity contribution >= 4 is 28.8 Å². The molecule has 2 amide bonds. The molecule has 3 rings (SSSR count). The van der Waals surface area contributed by atoms with E-state index in [1.54, 1.807) is 41.9 Å². The van der Waals surface area contributed by atoms with Gasteiger partial charge in [-0.2, -0.15) is 11.3 Å². The number of nitrogens with one attached hydrogen (secondary N) is 2. The van der Waals surface area contributed by atoms with Gasteiger partial charge in [0, 0.05) is 48.1 Å². The van der Waals surface area contributed by atoms with Gasteiger partial charge in [0.05, 0.1) is 6.20 Å². The summed E-state index contributed by atoms with van der Waals surface area (Å²) in [7, 11) is 0. The fraction of sp³-hybridized carbons (Fsp3) is 0.111. The molecule has 0 radical (unpaired) electrons. The molecule has 0 unspecified atom stereocenters. The number of anilines is 1. The third kappa shape index (κ3) is 5.12. The molecular formula is C18H16N4O3S. The number of thiophene rings is 1. The monoisotopic (exact) mass is 368 g/mol. The minimum absolute atomic E-state index is 0.172. The average molecular weight is 368 g/mol. The Hall–Kier alpha value is -3.26. The van der Waals surface area contributed by atoms with E-state index in [2.05, 4.69) is 20.6 Å². The van der Waals surface area contributed by atoms with Gasteiger partial charge in [0.25, 0.3) is 5.91 Å². The number of ether oxygens (including phenoxy) is 1. The molecule has 132 valence electrons. The molecule has 3 aromatic rings. The summed E-state index contributed by atoms with van der Waals surface area (Å²) < 4.78 is 5.57. The molecule has 0 spiro atoms. The highest BCUT2D eigenvalue weighted by Gasteiger charge is 2.08. The summed E-state index contributed by atoms with van der Waals surface area (Å²) in [5.41, 5.74) is 1.20. The number of nitrogens with zero attached hydrogens (tertiary/aromatic N) is 2. The molecule has 8 heteroatoms. The molecule has 1 aromatic carbocycles. The van der Waals surface area contributed by atoms with Crippen LogP contribution in [-0.2, 0) is 4.79 Å². The zero-order valence-electron chi connectivity index (χ0n) is 13.7. The molecule has 2 aromatic heterocycles. The summed E-state index contributed by atoms with van der Waals surface area (Å²) in [5.74, 6) is 0.520. The van der Waals surface area contributed by atoms with E-state index in [0.29, 0.717) is 22.9 Å². The fourth-order valence-electron chi connectivity index (χ4n) is 2.10. The summed E-state index contributed by atoms with van der Waals surface area (Å²) in [6.07, 6.45) is 4.76. The maximum atomic E-state index is 12.0. The zero-order chi connectivity index (χ0) is 18.2.